The fourth-order valence-corrected chi connectivity index (χ4v) is 1.61. The summed E-state index contributed by atoms with van der Waals surface area (Å²) in [5.41, 5.74) is 0.998. The van der Waals surface area contributed by atoms with Gasteiger partial charge in [-0.05, 0) is 36.4 Å². The van der Waals surface area contributed by atoms with Crippen molar-refractivity contribution in [3.8, 4) is 5.88 Å². The fraction of sp³-hybridized carbons (Fsp3) is 0.0769. The van der Waals surface area contributed by atoms with Gasteiger partial charge in [0, 0.05) is 16.8 Å². The molecule has 0 saturated heterocycles. The molecule has 0 bridgehead atoms. The predicted molar refractivity (Wildman–Crippen MR) is 65.7 cm³/mol. The van der Waals surface area contributed by atoms with Crippen molar-refractivity contribution in [1.29, 1.82) is 0 Å². The van der Waals surface area contributed by atoms with Crippen LogP contribution in [0.15, 0.2) is 42.6 Å². The molecule has 3 nitrogen and oxygen atoms in total. The van der Waals surface area contributed by atoms with E-state index < -0.39 is 0 Å². The van der Waals surface area contributed by atoms with E-state index >= 15 is 0 Å². The number of hydrogen-bond donors (Lipinski definition) is 0. The zero-order chi connectivity index (χ0) is 12.3. The number of aromatic nitrogens is 1. The van der Waals surface area contributed by atoms with Crippen molar-refractivity contribution in [2.45, 2.75) is 0 Å². The summed E-state index contributed by atoms with van der Waals surface area (Å²) in [5, 5.41) is 0.597. The van der Waals surface area contributed by atoms with Crippen LogP contribution in [0.3, 0.4) is 0 Å². The Morgan fingerprint density at radius 1 is 1.24 bits per heavy atom. The number of nitrogens with zero attached hydrogens (tertiary/aromatic N) is 1. The van der Waals surface area contributed by atoms with Crippen molar-refractivity contribution < 1.29 is 9.53 Å². The van der Waals surface area contributed by atoms with Crippen molar-refractivity contribution in [2.24, 2.45) is 0 Å². The Balaban J connectivity index is 2.40. The highest BCUT2D eigenvalue weighted by Crippen LogP contribution is 2.19. The van der Waals surface area contributed by atoms with Gasteiger partial charge in [-0.3, -0.25) is 4.79 Å². The molecule has 1 heterocycles. The topological polar surface area (TPSA) is 39.2 Å². The zero-order valence-corrected chi connectivity index (χ0v) is 9.94. The first-order valence-electron chi connectivity index (χ1n) is 5.01. The molecule has 0 spiro atoms. The van der Waals surface area contributed by atoms with Crippen LogP contribution in [0.2, 0.25) is 5.02 Å². The highest BCUT2D eigenvalue weighted by Gasteiger charge is 2.14. The number of hydrogen-bond acceptors (Lipinski definition) is 3. The lowest BCUT2D eigenvalue weighted by Crippen LogP contribution is -2.04. The fourth-order valence-electron chi connectivity index (χ4n) is 1.48. The summed E-state index contributed by atoms with van der Waals surface area (Å²) in [6, 6.07) is 10.1. The van der Waals surface area contributed by atoms with Crippen molar-refractivity contribution >= 4 is 17.4 Å². The summed E-state index contributed by atoms with van der Waals surface area (Å²) in [6.45, 7) is 0. The molecule has 0 atom stereocenters. The van der Waals surface area contributed by atoms with Gasteiger partial charge in [-0.2, -0.15) is 0 Å². The van der Waals surface area contributed by atoms with Crippen LogP contribution < -0.4 is 4.74 Å². The minimum Gasteiger partial charge on any atom is -0.480 e. The Bertz CT molecular complexity index is 537. The van der Waals surface area contributed by atoms with Crippen LogP contribution >= 0.6 is 11.6 Å². The Kier molecular flexibility index (Phi) is 3.40. The molecule has 2 aromatic rings. The van der Waals surface area contributed by atoms with Crippen LogP contribution in [0.5, 0.6) is 5.88 Å². The summed E-state index contributed by atoms with van der Waals surface area (Å²) in [4.78, 5) is 16.2. The number of carbonyl (C=O) groups is 1. The third-order valence-electron chi connectivity index (χ3n) is 2.32. The molecule has 17 heavy (non-hydrogen) atoms. The molecule has 2 rings (SSSR count). The minimum absolute atomic E-state index is 0.133. The lowest BCUT2D eigenvalue weighted by atomic mass is 10.0. The molecular formula is C13H10ClNO2. The normalized spacial score (nSPS) is 10.0. The first-order chi connectivity index (χ1) is 8.22. The molecule has 0 unspecified atom stereocenters. The summed E-state index contributed by atoms with van der Waals surface area (Å²) in [6.07, 6.45) is 1.58. The first-order valence-corrected chi connectivity index (χ1v) is 5.39. The van der Waals surface area contributed by atoms with E-state index in [-0.39, 0.29) is 5.78 Å². The van der Waals surface area contributed by atoms with Gasteiger partial charge < -0.3 is 4.74 Å². The Morgan fingerprint density at radius 2 is 1.94 bits per heavy atom. The largest absolute Gasteiger partial charge is 0.480 e. The maximum absolute atomic E-state index is 12.2. The van der Waals surface area contributed by atoms with Crippen molar-refractivity contribution in [2.75, 3.05) is 7.11 Å². The monoisotopic (exact) mass is 247 g/mol. The predicted octanol–water partition coefficient (Wildman–Crippen LogP) is 2.97. The summed E-state index contributed by atoms with van der Waals surface area (Å²) in [7, 11) is 1.49. The van der Waals surface area contributed by atoms with Gasteiger partial charge in [-0.25, -0.2) is 4.98 Å². The second-order valence-corrected chi connectivity index (χ2v) is 3.83. The molecule has 0 N–H and O–H groups in total. The molecule has 4 heteroatoms. The summed E-state index contributed by atoms with van der Waals surface area (Å²) in [5.74, 6) is 0.194. The highest BCUT2D eigenvalue weighted by molar-refractivity contribution is 6.30. The van der Waals surface area contributed by atoms with E-state index in [9.17, 15) is 4.79 Å². The molecular weight excluding hydrogens is 238 g/mol. The number of rotatable bonds is 3. The summed E-state index contributed by atoms with van der Waals surface area (Å²) < 4.78 is 5.05. The van der Waals surface area contributed by atoms with E-state index in [2.05, 4.69) is 4.98 Å². The SMILES string of the molecule is COc1ncccc1C(=O)c1ccc(Cl)cc1. The molecule has 1 aromatic heterocycles. The lowest BCUT2D eigenvalue weighted by molar-refractivity contribution is 0.103. The lowest BCUT2D eigenvalue weighted by Gasteiger charge is -2.05. The molecule has 0 amide bonds. The second-order valence-electron chi connectivity index (χ2n) is 3.40. The molecule has 0 radical (unpaired) electrons. The quantitative estimate of drug-likeness (QED) is 0.783. The summed E-state index contributed by atoms with van der Waals surface area (Å²) >= 11 is 5.77. The third kappa shape index (κ3) is 2.45. The van der Waals surface area contributed by atoms with Gasteiger partial charge in [-0.15, -0.1) is 0 Å². The maximum Gasteiger partial charge on any atom is 0.224 e. The first kappa shape index (κ1) is 11.6. The van der Waals surface area contributed by atoms with Crippen LogP contribution in [0, 0.1) is 0 Å². The van der Waals surface area contributed by atoms with Crippen molar-refractivity contribution in [3.05, 3.63) is 58.7 Å². The Labute approximate surface area is 104 Å². The third-order valence-corrected chi connectivity index (χ3v) is 2.57. The molecule has 0 aliphatic heterocycles. The van der Waals surface area contributed by atoms with Crippen LogP contribution in [0.1, 0.15) is 15.9 Å². The molecule has 86 valence electrons. The Morgan fingerprint density at radius 3 is 2.59 bits per heavy atom. The van der Waals surface area contributed by atoms with E-state index in [1.165, 1.54) is 7.11 Å². The van der Waals surface area contributed by atoms with Crippen LogP contribution in [0.25, 0.3) is 0 Å². The van der Waals surface area contributed by atoms with Crippen LogP contribution in [0.4, 0.5) is 0 Å². The number of benzene rings is 1. The van der Waals surface area contributed by atoms with Gasteiger partial charge in [0.2, 0.25) is 5.88 Å². The van der Waals surface area contributed by atoms with Gasteiger partial charge >= 0.3 is 0 Å². The van der Waals surface area contributed by atoms with Crippen molar-refractivity contribution in [1.82, 2.24) is 4.98 Å². The van der Waals surface area contributed by atoms with E-state index in [0.29, 0.717) is 22.0 Å². The van der Waals surface area contributed by atoms with E-state index in [1.54, 1.807) is 42.6 Å². The van der Waals surface area contributed by atoms with Gasteiger partial charge in [0.25, 0.3) is 0 Å². The smallest absolute Gasteiger partial charge is 0.224 e. The van der Waals surface area contributed by atoms with E-state index in [0.717, 1.165) is 0 Å². The average molecular weight is 248 g/mol. The van der Waals surface area contributed by atoms with Crippen molar-refractivity contribution in [3.63, 3.8) is 0 Å². The van der Waals surface area contributed by atoms with Gasteiger partial charge in [-0.1, -0.05) is 11.6 Å². The number of methoxy groups -OCH3 is 1. The second kappa shape index (κ2) is 4.97. The molecule has 0 aliphatic rings. The zero-order valence-electron chi connectivity index (χ0n) is 9.18. The van der Waals surface area contributed by atoms with Crippen LogP contribution in [-0.4, -0.2) is 17.9 Å². The highest BCUT2D eigenvalue weighted by atomic mass is 35.5. The standard InChI is InChI=1S/C13H10ClNO2/c1-17-13-11(3-2-8-15-13)12(16)9-4-6-10(14)7-5-9/h2-8H,1H3. The number of carbonyl (C=O) groups excluding carboxylic acids is 1. The average Bonchev–Trinajstić information content (AvgIpc) is 2.39. The number of ketones is 1. The van der Waals surface area contributed by atoms with E-state index in [4.69, 9.17) is 16.3 Å². The van der Waals surface area contributed by atoms with Gasteiger partial charge in [0.05, 0.1) is 12.7 Å². The molecule has 0 fully saturated rings. The number of pyridine rings is 1. The molecule has 0 saturated carbocycles. The van der Waals surface area contributed by atoms with E-state index in [1.807, 2.05) is 0 Å². The number of halogens is 1. The minimum atomic E-state index is -0.133. The van der Waals surface area contributed by atoms with Gasteiger partial charge in [0.15, 0.2) is 5.78 Å². The Hall–Kier alpha value is -1.87. The maximum atomic E-state index is 12.2. The van der Waals surface area contributed by atoms with Gasteiger partial charge in [0.1, 0.15) is 0 Å². The van der Waals surface area contributed by atoms with Crippen LogP contribution in [-0.2, 0) is 0 Å². The molecule has 0 aliphatic carbocycles. The molecule has 1 aromatic carbocycles. The number of ether oxygens (including phenoxy) is 1.